The topological polar surface area (TPSA) is 88.6 Å². The lowest BCUT2D eigenvalue weighted by molar-refractivity contribution is 0.0504. The molecular weight excluding hydrogens is 318 g/mol. The molecule has 0 radical (unpaired) electrons. The molecule has 1 aliphatic heterocycles. The first kappa shape index (κ1) is 19.5. The van der Waals surface area contributed by atoms with Gasteiger partial charge in [0, 0.05) is 38.4 Å². The van der Waals surface area contributed by atoms with Crippen molar-refractivity contribution in [3.8, 4) is 0 Å². The van der Waals surface area contributed by atoms with Gasteiger partial charge in [0.2, 0.25) is 0 Å². The van der Waals surface area contributed by atoms with E-state index < -0.39 is 0 Å². The molecule has 0 aromatic carbocycles. The zero-order valence-electron chi connectivity index (χ0n) is 15.3. The molecular formula is C18H31N5O2. The number of nitrogens with two attached hydrogens (primary N) is 1. The maximum atomic E-state index is 9.10. The Morgan fingerprint density at radius 1 is 1.44 bits per heavy atom. The molecule has 7 heteroatoms. The maximum absolute atomic E-state index is 9.10. The second-order valence-electron chi connectivity index (χ2n) is 6.60. The molecule has 2 rings (SSSR count). The fourth-order valence-electron chi connectivity index (χ4n) is 2.71. The van der Waals surface area contributed by atoms with Crippen molar-refractivity contribution in [1.82, 2.24) is 20.1 Å². The monoisotopic (exact) mass is 349 g/mol. The number of nitrogens with zero attached hydrogens (tertiary/aromatic N) is 3. The van der Waals surface area contributed by atoms with Crippen molar-refractivity contribution in [2.75, 3.05) is 32.9 Å². The number of allylic oxidation sites excluding steroid dienone is 3. The van der Waals surface area contributed by atoms with Crippen LogP contribution in [0, 0.1) is 5.92 Å². The lowest BCUT2D eigenvalue weighted by atomic mass is 10.1. The van der Waals surface area contributed by atoms with Crippen LogP contribution in [0.1, 0.15) is 32.4 Å². The van der Waals surface area contributed by atoms with Crippen LogP contribution in [0.2, 0.25) is 0 Å². The van der Waals surface area contributed by atoms with Gasteiger partial charge in [0.1, 0.15) is 5.82 Å². The van der Waals surface area contributed by atoms with E-state index in [4.69, 9.17) is 15.7 Å². The molecule has 140 valence electrons. The quantitative estimate of drug-likeness (QED) is 0.354. The molecule has 0 aliphatic carbocycles. The van der Waals surface area contributed by atoms with Crippen molar-refractivity contribution in [3.05, 3.63) is 35.9 Å². The van der Waals surface area contributed by atoms with E-state index in [9.17, 15) is 0 Å². The van der Waals surface area contributed by atoms with Crippen LogP contribution in [0.25, 0.3) is 5.70 Å². The fraction of sp³-hybridized carbons (Fsp3) is 0.611. The molecule has 0 unspecified atom stereocenters. The third-order valence-corrected chi connectivity index (χ3v) is 4.16. The highest BCUT2D eigenvalue weighted by Crippen LogP contribution is 2.15. The smallest absolute Gasteiger partial charge is 0.118 e. The van der Waals surface area contributed by atoms with Gasteiger partial charge in [0.25, 0.3) is 0 Å². The molecule has 0 amide bonds. The Hall–Kier alpha value is -1.83. The molecule has 1 aromatic heterocycles. The third kappa shape index (κ3) is 6.19. The van der Waals surface area contributed by atoms with Crippen molar-refractivity contribution in [1.29, 1.82) is 0 Å². The van der Waals surface area contributed by atoms with Crippen LogP contribution >= 0.6 is 0 Å². The number of aliphatic hydroxyl groups excluding tert-OH is 1. The first-order valence-corrected chi connectivity index (χ1v) is 9.01. The Bertz CT molecular complexity index is 574. The molecule has 4 N–H and O–H groups in total. The largest absolute Gasteiger partial charge is 0.396 e. The summed E-state index contributed by atoms with van der Waals surface area (Å²) in [5.74, 6) is 7.28. The van der Waals surface area contributed by atoms with E-state index in [1.165, 1.54) is 0 Å². The first-order valence-electron chi connectivity index (χ1n) is 9.01. The highest BCUT2D eigenvalue weighted by Gasteiger charge is 2.14. The van der Waals surface area contributed by atoms with Gasteiger partial charge >= 0.3 is 0 Å². The van der Waals surface area contributed by atoms with Crippen LogP contribution in [0.3, 0.4) is 0 Å². The van der Waals surface area contributed by atoms with Crippen LogP contribution < -0.4 is 11.3 Å². The number of aliphatic hydroxyl groups is 1. The number of hydrogen-bond donors (Lipinski definition) is 3. The highest BCUT2D eigenvalue weighted by molar-refractivity contribution is 5.57. The Balaban J connectivity index is 2.23. The number of ether oxygens (including phenoxy) is 1. The average molecular weight is 349 g/mol. The van der Waals surface area contributed by atoms with E-state index >= 15 is 0 Å². The lowest BCUT2D eigenvalue weighted by Crippen LogP contribution is -2.42. The number of morpholine rings is 1. The van der Waals surface area contributed by atoms with Gasteiger partial charge in [-0.15, -0.1) is 0 Å². The van der Waals surface area contributed by atoms with Gasteiger partial charge in [0.05, 0.1) is 24.6 Å². The van der Waals surface area contributed by atoms with Crippen molar-refractivity contribution < 1.29 is 9.84 Å². The van der Waals surface area contributed by atoms with E-state index in [0.29, 0.717) is 25.6 Å². The van der Waals surface area contributed by atoms with Crippen molar-refractivity contribution >= 4 is 5.70 Å². The maximum Gasteiger partial charge on any atom is 0.118 e. The van der Waals surface area contributed by atoms with Gasteiger partial charge < -0.3 is 20.2 Å². The Labute approximate surface area is 150 Å². The predicted octanol–water partition coefficient (Wildman–Crippen LogP) is 1.33. The van der Waals surface area contributed by atoms with Crippen LogP contribution in [0.15, 0.2) is 30.2 Å². The Morgan fingerprint density at radius 3 is 2.84 bits per heavy atom. The van der Waals surface area contributed by atoms with Crippen LogP contribution in [0.4, 0.5) is 0 Å². The molecule has 2 heterocycles. The number of nitrogens with one attached hydrogen (secondary N) is 1. The van der Waals surface area contributed by atoms with Gasteiger partial charge in [-0.25, -0.2) is 10.5 Å². The summed E-state index contributed by atoms with van der Waals surface area (Å²) in [6.07, 6.45) is 8.79. The van der Waals surface area contributed by atoms with Crippen molar-refractivity contribution in [2.24, 2.45) is 11.8 Å². The van der Waals surface area contributed by atoms with Crippen molar-refractivity contribution in [3.63, 3.8) is 0 Å². The molecule has 1 fully saturated rings. The molecule has 7 nitrogen and oxygen atoms in total. The normalized spacial score (nSPS) is 16.6. The lowest BCUT2D eigenvalue weighted by Gasteiger charge is -2.30. The van der Waals surface area contributed by atoms with E-state index in [1.807, 2.05) is 23.0 Å². The summed E-state index contributed by atoms with van der Waals surface area (Å²) in [5, 5.41) is 13.7. The van der Waals surface area contributed by atoms with Gasteiger partial charge in [-0.2, -0.15) is 5.10 Å². The standard InChI is InChI=1S/C18H31N5O2/c1-15(2)4-3-5-17(23-8-6-16(21-23)7-11-24)14-18(20-19)22-9-12-25-13-10-22/h5-6,8,14-15,20,24H,3-4,7,9-13,19H2,1-2H3/b17-5-,18-14+. The highest BCUT2D eigenvalue weighted by atomic mass is 16.5. The summed E-state index contributed by atoms with van der Waals surface area (Å²) in [6, 6.07) is 1.94. The van der Waals surface area contributed by atoms with Crippen LogP contribution in [-0.2, 0) is 11.2 Å². The molecule has 1 aliphatic rings. The van der Waals surface area contributed by atoms with Gasteiger partial charge in [0.15, 0.2) is 0 Å². The summed E-state index contributed by atoms with van der Waals surface area (Å²) in [7, 11) is 0. The van der Waals surface area contributed by atoms with E-state index in [-0.39, 0.29) is 6.61 Å². The van der Waals surface area contributed by atoms with Gasteiger partial charge in [-0.3, -0.25) is 0 Å². The summed E-state index contributed by atoms with van der Waals surface area (Å²) in [4.78, 5) is 2.18. The second kappa shape index (κ2) is 10.2. The SMILES string of the molecule is CC(C)CC/C=C(/C=C(\NN)N1CCOCC1)n1ccc(CCO)n1. The number of hydrazine groups is 1. The van der Waals surface area contributed by atoms with E-state index in [0.717, 1.165) is 43.1 Å². The summed E-state index contributed by atoms with van der Waals surface area (Å²) in [5.41, 5.74) is 4.66. The zero-order valence-corrected chi connectivity index (χ0v) is 15.3. The van der Waals surface area contributed by atoms with Crippen LogP contribution in [-0.4, -0.2) is 52.7 Å². The number of rotatable bonds is 9. The molecule has 1 aromatic rings. The molecule has 0 atom stereocenters. The summed E-state index contributed by atoms with van der Waals surface area (Å²) in [6.45, 7) is 7.56. The second-order valence-corrected chi connectivity index (χ2v) is 6.60. The first-order chi connectivity index (χ1) is 12.1. The number of hydrogen-bond acceptors (Lipinski definition) is 6. The van der Waals surface area contributed by atoms with E-state index in [2.05, 4.69) is 35.3 Å². The van der Waals surface area contributed by atoms with E-state index in [1.54, 1.807) is 0 Å². The minimum Gasteiger partial charge on any atom is -0.396 e. The van der Waals surface area contributed by atoms with Crippen molar-refractivity contribution in [2.45, 2.75) is 33.1 Å². The predicted molar refractivity (Wildman–Crippen MR) is 99.2 cm³/mol. The summed E-state index contributed by atoms with van der Waals surface area (Å²) >= 11 is 0. The summed E-state index contributed by atoms with van der Waals surface area (Å²) < 4.78 is 7.26. The van der Waals surface area contributed by atoms with Gasteiger partial charge in [-0.05, 0) is 24.8 Å². The minimum absolute atomic E-state index is 0.0998. The number of aromatic nitrogens is 2. The molecule has 1 saturated heterocycles. The molecule has 0 bridgehead atoms. The van der Waals surface area contributed by atoms with Crippen LogP contribution in [0.5, 0.6) is 0 Å². The zero-order chi connectivity index (χ0) is 18.1. The fourth-order valence-corrected chi connectivity index (χ4v) is 2.71. The molecule has 25 heavy (non-hydrogen) atoms. The minimum atomic E-state index is 0.0998. The average Bonchev–Trinajstić information content (AvgIpc) is 3.07. The molecule has 0 saturated carbocycles. The Morgan fingerprint density at radius 2 is 2.20 bits per heavy atom. The third-order valence-electron chi connectivity index (χ3n) is 4.16. The Kier molecular flexibility index (Phi) is 7.97. The molecule has 0 spiro atoms. The van der Waals surface area contributed by atoms with Gasteiger partial charge in [-0.1, -0.05) is 19.9 Å².